The molecule has 0 atom stereocenters. The molecular formula is C31H27NO2. The summed E-state index contributed by atoms with van der Waals surface area (Å²) in [6.45, 7) is 6.31. The highest BCUT2D eigenvalue weighted by molar-refractivity contribution is 6.15. The molecule has 0 fully saturated rings. The minimum Gasteiger partial charge on any atom is -0.354 e. The molecule has 168 valence electrons. The second kappa shape index (κ2) is 7.53. The van der Waals surface area contributed by atoms with Crippen LogP contribution in [-0.2, 0) is 5.41 Å². The number of hydrogen-bond acceptors (Lipinski definition) is 2. The van der Waals surface area contributed by atoms with Gasteiger partial charge < -0.3 is 4.98 Å². The van der Waals surface area contributed by atoms with Crippen LogP contribution < -0.4 is 0 Å². The molecule has 1 heterocycles. The average molecular weight is 446 g/mol. The molecular weight excluding hydrogens is 418 g/mol. The van der Waals surface area contributed by atoms with Gasteiger partial charge in [0, 0.05) is 43.9 Å². The summed E-state index contributed by atoms with van der Waals surface area (Å²) >= 11 is 0. The number of carbonyl (C=O) groups is 2. The lowest BCUT2D eigenvalue weighted by Gasteiger charge is -2.22. The van der Waals surface area contributed by atoms with Crippen LogP contribution in [0.3, 0.4) is 0 Å². The van der Waals surface area contributed by atoms with E-state index in [2.05, 4.69) is 49.2 Å². The van der Waals surface area contributed by atoms with Crippen LogP contribution in [0.25, 0.3) is 32.9 Å². The summed E-state index contributed by atoms with van der Waals surface area (Å²) in [5.74, 6) is -0.108. The van der Waals surface area contributed by atoms with E-state index in [-0.39, 0.29) is 18.6 Å². The van der Waals surface area contributed by atoms with E-state index in [0.29, 0.717) is 16.7 Å². The van der Waals surface area contributed by atoms with E-state index in [1.54, 1.807) is 0 Å². The molecule has 0 saturated carbocycles. The van der Waals surface area contributed by atoms with Crippen LogP contribution in [0.15, 0.2) is 72.8 Å². The first-order valence-corrected chi connectivity index (χ1v) is 11.2. The Hall–Kier alpha value is -3.98. The Balaban J connectivity index is 0.00000241. The Bertz CT molecular complexity index is 1630. The number of ketones is 1. The van der Waals surface area contributed by atoms with Gasteiger partial charge in [0.15, 0.2) is 12.1 Å². The first-order chi connectivity index (χ1) is 15.9. The van der Waals surface area contributed by atoms with Gasteiger partial charge in [0.1, 0.15) is 0 Å². The fourth-order valence-electron chi connectivity index (χ4n) is 5.41. The fourth-order valence-corrected chi connectivity index (χ4v) is 5.41. The second-order valence-electron chi connectivity index (χ2n) is 9.49. The molecule has 0 amide bonds. The molecule has 34 heavy (non-hydrogen) atoms. The van der Waals surface area contributed by atoms with Gasteiger partial charge in [-0.3, -0.25) is 9.59 Å². The van der Waals surface area contributed by atoms with Gasteiger partial charge in [0.2, 0.25) is 0 Å². The van der Waals surface area contributed by atoms with Crippen molar-refractivity contribution in [3.8, 4) is 11.1 Å². The number of H-pyrrole nitrogens is 1. The van der Waals surface area contributed by atoms with Gasteiger partial charge in [0.05, 0.1) is 0 Å². The lowest BCUT2D eigenvalue weighted by Crippen LogP contribution is -2.17. The first-order valence-electron chi connectivity index (χ1n) is 11.2. The number of nitrogens with one attached hydrogen (secondary N) is 1. The lowest BCUT2D eigenvalue weighted by atomic mass is 9.80. The van der Waals surface area contributed by atoms with Gasteiger partial charge >= 0.3 is 0 Å². The van der Waals surface area contributed by atoms with Crippen molar-refractivity contribution in [1.82, 2.24) is 4.98 Å². The Kier molecular flexibility index (Phi) is 4.84. The third kappa shape index (κ3) is 2.90. The number of hydrogen-bond donors (Lipinski definition) is 1. The monoisotopic (exact) mass is 445 g/mol. The third-order valence-electron chi connectivity index (χ3n) is 7.23. The van der Waals surface area contributed by atoms with Gasteiger partial charge in [-0.2, -0.15) is 0 Å². The van der Waals surface area contributed by atoms with Crippen molar-refractivity contribution in [1.29, 1.82) is 0 Å². The minimum absolute atomic E-state index is 0. The number of aldehydes is 1. The van der Waals surface area contributed by atoms with E-state index in [4.69, 9.17) is 0 Å². The summed E-state index contributed by atoms with van der Waals surface area (Å²) in [6, 6.07) is 24.2. The molecule has 1 aliphatic carbocycles. The van der Waals surface area contributed by atoms with Gasteiger partial charge in [0.25, 0.3) is 0 Å². The van der Waals surface area contributed by atoms with Gasteiger partial charge in [-0.05, 0) is 65.1 Å². The molecule has 0 unspecified atom stereocenters. The molecule has 1 aromatic heterocycles. The zero-order valence-corrected chi connectivity index (χ0v) is 18.8. The fraction of sp³-hybridized carbons (Fsp3) is 0.161. The van der Waals surface area contributed by atoms with Crippen LogP contribution in [0.5, 0.6) is 0 Å². The van der Waals surface area contributed by atoms with E-state index in [1.165, 1.54) is 16.3 Å². The highest BCUT2D eigenvalue weighted by Gasteiger charge is 2.37. The quantitative estimate of drug-likeness (QED) is 0.229. The largest absolute Gasteiger partial charge is 0.354 e. The van der Waals surface area contributed by atoms with Gasteiger partial charge in [-0.1, -0.05) is 63.7 Å². The highest BCUT2D eigenvalue weighted by Crippen LogP contribution is 2.51. The predicted octanol–water partition coefficient (Wildman–Crippen LogP) is 7.62. The summed E-state index contributed by atoms with van der Waals surface area (Å²) in [7, 11) is 0. The van der Waals surface area contributed by atoms with Crippen LogP contribution in [0.1, 0.15) is 64.2 Å². The number of rotatable bonds is 3. The molecule has 1 aliphatic rings. The number of fused-ring (bicyclic) bond motifs is 6. The van der Waals surface area contributed by atoms with E-state index < -0.39 is 0 Å². The van der Waals surface area contributed by atoms with Crippen molar-refractivity contribution >= 4 is 33.9 Å². The molecule has 0 radical (unpaired) electrons. The summed E-state index contributed by atoms with van der Waals surface area (Å²) in [6.07, 6.45) is 0.804. The third-order valence-corrected chi connectivity index (χ3v) is 7.23. The molecule has 3 nitrogen and oxygen atoms in total. The number of aromatic nitrogens is 1. The van der Waals surface area contributed by atoms with Crippen molar-refractivity contribution in [3.63, 3.8) is 0 Å². The van der Waals surface area contributed by atoms with E-state index >= 15 is 0 Å². The minimum atomic E-state index is -0.292. The zero-order chi connectivity index (χ0) is 22.9. The zero-order valence-electron chi connectivity index (χ0n) is 18.8. The van der Waals surface area contributed by atoms with Crippen molar-refractivity contribution in [3.05, 3.63) is 106 Å². The van der Waals surface area contributed by atoms with Crippen LogP contribution in [-0.4, -0.2) is 17.1 Å². The lowest BCUT2D eigenvalue weighted by molar-refractivity contribution is 0.102. The highest BCUT2D eigenvalue weighted by atomic mass is 16.1. The molecule has 5 aromatic rings. The topological polar surface area (TPSA) is 49.9 Å². The van der Waals surface area contributed by atoms with Crippen molar-refractivity contribution in [2.75, 3.05) is 0 Å². The Morgan fingerprint density at radius 2 is 1.47 bits per heavy atom. The molecule has 0 spiro atoms. The maximum absolute atomic E-state index is 13.5. The Labute approximate surface area is 199 Å². The van der Waals surface area contributed by atoms with E-state index in [0.717, 1.165) is 39.6 Å². The van der Waals surface area contributed by atoms with E-state index in [1.807, 2.05) is 49.4 Å². The van der Waals surface area contributed by atoms with Crippen LogP contribution in [0.4, 0.5) is 0 Å². The molecule has 0 saturated heterocycles. The number of aromatic amines is 1. The molecule has 6 rings (SSSR count). The Morgan fingerprint density at radius 3 is 2.24 bits per heavy atom. The summed E-state index contributed by atoms with van der Waals surface area (Å²) < 4.78 is 0. The van der Waals surface area contributed by atoms with Crippen molar-refractivity contribution in [2.24, 2.45) is 0 Å². The van der Waals surface area contributed by atoms with Crippen molar-refractivity contribution < 1.29 is 9.59 Å². The van der Waals surface area contributed by atoms with Crippen LogP contribution >= 0.6 is 0 Å². The maximum Gasteiger partial charge on any atom is 0.194 e. The molecule has 3 heteroatoms. The molecule has 4 aromatic carbocycles. The Morgan fingerprint density at radius 1 is 0.794 bits per heavy atom. The predicted molar refractivity (Wildman–Crippen MR) is 140 cm³/mol. The van der Waals surface area contributed by atoms with Gasteiger partial charge in [-0.25, -0.2) is 0 Å². The van der Waals surface area contributed by atoms with Crippen molar-refractivity contribution in [2.45, 2.75) is 33.6 Å². The van der Waals surface area contributed by atoms with E-state index in [9.17, 15) is 9.59 Å². The smallest absolute Gasteiger partial charge is 0.194 e. The number of aryl methyl sites for hydroxylation is 1. The summed E-state index contributed by atoms with van der Waals surface area (Å²) in [5.41, 5.74) is 8.78. The molecule has 1 N–H and O–H groups in total. The maximum atomic E-state index is 13.5. The van der Waals surface area contributed by atoms with Crippen LogP contribution in [0.2, 0.25) is 0 Å². The summed E-state index contributed by atoms with van der Waals surface area (Å²) in [4.78, 5) is 29.1. The first kappa shape index (κ1) is 21.8. The number of benzene rings is 4. The standard InChI is InChI=1S/C30H23NO2.CH4/c1-17-8-4-5-9-19(17)29(33)21-13-25-22(12-18(21)16-32)23-15-28-24(14-26(23)30(25,2)3)20-10-6-7-11-27(20)31-28;/h4-16,31H,1-3H3;1H4. The SMILES string of the molecule is C.Cc1ccccc1C(=O)c1cc2c(cc1C=O)-c1cc3[nH]c4ccccc4c3cc1C2(C)C. The number of para-hydroxylation sites is 1. The normalized spacial score (nSPS) is 13.4. The summed E-state index contributed by atoms with van der Waals surface area (Å²) in [5, 5.41) is 2.39. The molecule has 0 aliphatic heterocycles. The van der Waals surface area contributed by atoms with Gasteiger partial charge in [-0.15, -0.1) is 0 Å². The second-order valence-corrected chi connectivity index (χ2v) is 9.49. The average Bonchev–Trinajstić information content (AvgIpc) is 3.29. The number of carbonyl (C=O) groups excluding carboxylic acids is 2. The molecule has 0 bridgehead atoms. The van der Waals surface area contributed by atoms with Crippen LogP contribution in [0, 0.1) is 6.92 Å².